The second-order valence-electron chi connectivity index (χ2n) is 6.68. The van der Waals surface area contributed by atoms with Crippen LogP contribution in [0.2, 0.25) is 5.02 Å². The molecule has 0 amide bonds. The van der Waals surface area contributed by atoms with Crippen molar-refractivity contribution >= 4 is 11.6 Å². The normalized spacial score (nSPS) is 19.1. The van der Waals surface area contributed by atoms with Crippen LogP contribution in [-0.2, 0) is 12.0 Å². The summed E-state index contributed by atoms with van der Waals surface area (Å²) < 4.78 is 0. The molecule has 1 saturated heterocycles. The predicted octanol–water partition coefficient (Wildman–Crippen LogP) is 3.23. The summed E-state index contributed by atoms with van der Waals surface area (Å²) in [7, 11) is 0. The quantitative estimate of drug-likeness (QED) is 0.874. The fourth-order valence-electron chi connectivity index (χ4n) is 3.40. The maximum atomic E-state index is 10.9. The van der Waals surface area contributed by atoms with E-state index in [4.69, 9.17) is 11.6 Å². The number of halogens is 1. The molecule has 0 spiro atoms. The first-order valence-electron chi connectivity index (χ1n) is 8.48. The Hall–Kier alpha value is -1.39. The lowest BCUT2D eigenvalue weighted by molar-refractivity contribution is -0.0341. The molecule has 2 N–H and O–H groups in total. The Morgan fingerprint density at radius 2 is 1.62 bits per heavy atom. The van der Waals surface area contributed by atoms with Crippen LogP contribution in [0.25, 0.3) is 0 Å². The molecule has 0 aromatic heterocycles. The monoisotopic (exact) mass is 345 g/mol. The zero-order chi connectivity index (χ0) is 17.0. The standard InChI is InChI=1S/C20H24ClNO2/c21-18-8-6-17(7-9-18)20(24)10-12-22(13-11-20)15-19(23)14-16-4-2-1-3-5-16/h1-9,19,23-24H,10-15H2. The van der Waals surface area contributed by atoms with Gasteiger partial charge in [0, 0.05) is 24.7 Å². The zero-order valence-corrected chi connectivity index (χ0v) is 14.5. The summed E-state index contributed by atoms with van der Waals surface area (Å²) in [6.45, 7) is 2.21. The molecule has 24 heavy (non-hydrogen) atoms. The van der Waals surface area contributed by atoms with E-state index >= 15 is 0 Å². The molecule has 3 rings (SSSR count). The molecule has 1 aliphatic rings. The van der Waals surface area contributed by atoms with Crippen LogP contribution in [0, 0.1) is 0 Å². The third-order valence-corrected chi connectivity index (χ3v) is 5.10. The molecule has 2 aromatic rings. The number of aliphatic hydroxyl groups excluding tert-OH is 1. The predicted molar refractivity (Wildman–Crippen MR) is 97.2 cm³/mol. The fraction of sp³-hybridized carbons (Fsp3) is 0.400. The molecular formula is C20H24ClNO2. The van der Waals surface area contributed by atoms with E-state index in [0.29, 0.717) is 30.8 Å². The van der Waals surface area contributed by atoms with Crippen LogP contribution in [0.15, 0.2) is 54.6 Å². The summed E-state index contributed by atoms with van der Waals surface area (Å²) in [5.74, 6) is 0. The summed E-state index contributed by atoms with van der Waals surface area (Å²) in [6, 6.07) is 17.5. The van der Waals surface area contributed by atoms with Gasteiger partial charge in [0.05, 0.1) is 11.7 Å². The van der Waals surface area contributed by atoms with Gasteiger partial charge < -0.3 is 15.1 Å². The number of hydrogen-bond donors (Lipinski definition) is 2. The second kappa shape index (κ2) is 7.66. The van der Waals surface area contributed by atoms with Crippen molar-refractivity contribution in [2.24, 2.45) is 0 Å². The molecule has 3 nitrogen and oxygen atoms in total. The minimum atomic E-state index is -0.786. The van der Waals surface area contributed by atoms with E-state index in [1.54, 1.807) is 0 Å². The van der Waals surface area contributed by atoms with Gasteiger partial charge in [0.15, 0.2) is 0 Å². The van der Waals surface area contributed by atoms with Gasteiger partial charge >= 0.3 is 0 Å². The molecule has 0 saturated carbocycles. The number of aliphatic hydroxyl groups is 2. The average molecular weight is 346 g/mol. The first-order chi connectivity index (χ1) is 11.5. The number of β-amino-alcohol motifs (C(OH)–C–C–N with tert-alkyl or cyclic N) is 1. The van der Waals surface area contributed by atoms with Gasteiger partial charge in [-0.05, 0) is 42.5 Å². The third-order valence-electron chi connectivity index (χ3n) is 4.85. The summed E-state index contributed by atoms with van der Waals surface area (Å²) >= 11 is 5.93. The Morgan fingerprint density at radius 3 is 2.25 bits per heavy atom. The summed E-state index contributed by atoms with van der Waals surface area (Å²) in [5, 5.41) is 21.9. The smallest absolute Gasteiger partial charge is 0.0920 e. The lowest BCUT2D eigenvalue weighted by Crippen LogP contribution is -2.45. The average Bonchev–Trinajstić information content (AvgIpc) is 2.58. The molecule has 1 heterocycles. The van der Waals surface area contributed by atoms with Crippen molar-refractivity contribution < 1.29 is 10.2 Å². The van der Waals surface area contributed by atoms with E-state index < -0.39 is 5.60 Å². The highest BCUT2D eigenvalue weighted by Gasteiger charge is 2.34. The van der Waals surface area contributed by atoms with E-state index in [1.165, 1.54) is 0 Å². The van der Waals surface area contributed by atoms with Crippen molar-refractivity contribution in [2.75, 3.05) is 19.6 Å². The number of hydrogen-bond acceptors (Lipinski definition) is 3. The zero-order valence-electron chi connectivity index (χ0n) is 13.7. The van der Waals surface area contributed by atoms with Gasteiger partial charge in [-0.1, -0.05) is 54.1 Å². The van der Waals surface area contributed by atoms with Crippen LogP contribution in [-0.4, -0.2) is 40.9 Å². The fourth-order valence-corrected chi connectivity index (χ4v) is 3.53. The second-order valence-corrected chi connectivity index (χ2v) is 7.12. The summed E-state index contributed by atoms with van der Waals surface area (Å²) in [6.07, 6.45) is 1.63. The largest absolute Gasteiger partial charge is 0.391 e. The van der Waals surface area contributed by atoms with Gasteiger partial charge in [-0.2, -0.15) is 0 Å². The number of piperidine rings is 1. The lowest BCUT2D eigenvalue weighted by atomic mass is 9.84. The number of nitrogens with zero attached hydrogens (tertiary/aromatic N) is 1. The van der Waals surface area contributed by atoms with Crippen molar-refractivity contribution in [3.63, 3.8) is 0 Å². The SMILES string of the molecule is OC(Cc1ccccc1)CN1CCC(O)(c2ccc(Cl)cc2)CC1. The van der Waals surface area contributed by atoms with E-state index in [0.717, 1.165) is 24.2 Å². The summed E-state index contributed by atoms with van der Waals surface area (Å²) in [4.78, 5) is 2.23. The number of likely N-dealkylation sites (tertiary alicyclic amines) is 1. The molecule has 0 bridgehead atoms. The first-order valence-corrected chi connectivity index (χ1v) is 8.86. The minimum Gasteiger partial charge on any atom is -0.391 e. The Balaban J connectivity index is 1.52. The van der Waals surface area contributed by atoms with Gasteiger partial charge in [-0.15, -0.1) is 0 Å². The van der Waals surface area contributed by atoms with Crippen molar-refractivity contribution in [1.82, 2.24) is 4.90 Å². The Kier molecular flexibility index (Phi) is 5.57. The Bertz CT molecular complexity index is 636. The van der Waals surface area contributed by atoms with Crippen molar-refractivity contribution in [3.8, 4) is 0 Å². The van der Waals surface area contributed by atoms with Crippen LogP contribution in [0.3, 0.4) is 0 Å². The van der Waals surface area contributed by atoms with Gasteiger partial charge in [-0.25, -0.2) is 0 Å². The van der Waals surface area contributed by atoms with Gasteiger partial charge in [0.1, 0.15) is 0 Å². The summed E-state index contributed by atoms with van der Waals surface area (Å²) in [5.41, 5.74) is 1.29. The van der Waals surface area contributed by atoms with Crippen molar-refractivity contribution in [1.29, 1.82) is 0 Å². The van der Waals surface area contributed by atoms with Crippen LogP contribution >= 0.6 is 11.6 Å². The van der Waals surface area contributed by atoms with E-state index in [-0.39, 0.29) is 6.10 Å². The van der Waals surface area contributed by atoms with Gasteiger partial charge in [0.25, 0.3) is 0 Å². The molecule has 0 radical (unpaired) electrons. The highest BCUT2D eigenvalue weighted by atomic mass is 35.5. The molecule has 0 aliphatic carbocycles. The third kappa shape index (κ3) is 4.37. The minimum absolute atomic E-state index is 0.380. The highest BCUT2D eigenvalue weighted by Crippen LogP contribution is 2.33. The van der Waals surface area contributed by atoms with Crippen LogP contribution in [0.5, 0.6) is 0 Å². The van der Waals surface area contributed by atoms with E-state index in [1.807, 2.05) is 54.6 Å². The van der Waals surface area contributed by atoms with Crippen molar-refractivity contribution in [2.45, 2.75) is 31.0 Å². The lowest BCUT2D eigenvalue weighted by Gasteiger charge is -2.39. The molecule has 1 unspecified atom stereocenters. The van der Waals surface area contributed by atoms with Crippen LogP contribution < -0.4 is 0 Å². The topological polar surface area (TPSA) is 43.7 Å². The van der Waals surface area contributed by atoms with Gasteiger partial charge in [-0.3, -0.25) is 0 Å². The Morgan fingerprint density at radius 1 is 1.00 bits per heavy atom. The van der Waals surface area contributed by atoms with E-state index in [9.17, 15) is 10.2 Å². The molecule has 2 aromatic carbocycles. The number of rotatable bonds is 5. The van der Waals surface area contributed by atoms with E-state index in [2.05, 4.69) is 4.90 Å². The molecule has 4 heteroatoms. The highest BCUT2D eigenvalue weighted by molar-refractivity contribution is 6.30. The maximum absolute atomic E-state index is 10.9. The molecule has 128 valence electrons. The van der Waals surface area contributed by atoms with Gasteiger partial charge in [0.2, 0.25) is 0 Å². The molecule has 1 atom stereocenters. The number of benzene rings is 2. The molecular weight excluding hydrogens is 322 g/mol. The van der Waals surface area contributed by atoms with Crippen molar-refractivity contribution in [3.05, 3.63) is 70.7 Å². The molecule has 1 fully saturated rings. The Labute approximate surface area is 148 Å². The van der Waals surface area contributed by atoms with Crippen LogP contribution in [0.4, 0.5) is 0 Å². The maximum Gasteiger partial charge on any atom is 0.0920 e. The van der Waals surface area contributed by atoms with Crippen LogP contribution in [0.1, 0.15) is 24.0 Å². The first kappa shape index (κ1) is 17.4. The molecule has 1 aliphatic heterocycles.